The summed E-state index contributed by atoms with van der Waals surface area (Å²) in [6, 6.07) is 14.4. The SMILES string of the molecule is CCOC(=O)c1cc(CN2C(=O)c3ccccc3C2=O)sc1NC(=O)CCN1C(=O)c2ccccc2C1=O. The van der Waals surface area contributed by atoms with E-state index in [1.807, 2.05) is 0 Å². The fraction of sp³-hybridized carbons (Fsp3) is 0.185. The van der Waals surface area contributed by atoms with Crippen molar-refractivity contribution in [3.63, 3.8) is 0 Å². The monoisotopic (exact) mass is 531 g/mol. The number of imide groups is 2. The van der Waals surface area contributed by atoms with Crippen molar-refractivity contribution < 1.29 is 33.5 Å². The minimum Gasteiger partial charge on any atom is -0.462 e. The van der Waals surface area contributed by atoms with Gasteiger partial charge in [0.1, 0.15) is 5.00 Å². The summed E-state index contributed by atoms with van der Waals surface area (Å²) in [6.07, 6.45) is -0.195. The molecular weight excluding hydrogens is 510 g/mol. The number of nitrogens with zero attached hydrogens (tertiary/aromatic N) is 2. The Hall–Kier alpha value is -4.64. The highest BCUT2D eigenvalue weighted by Gasteiger charge is 2.37. The number of thiophene rings is 1. The molecule has 0 radical (unpaired) electrons. The maximum atomic E-state index is 12.8. The van der Waals surface area contributed by atoms with Crippen molar-refractivity contribution in [2.75, 3.05) is 18.5 Å². The van der Waals surface area contributed by atoms with Crippen LogP contribution in [0.25, 0.3) is 0 Å². The lowest BCUT2D eigenvalue weighted by atomic mass is 10.1. The molecule has 5 rings (SSSR count). The largest absolute Gasteiger partial charge is 0.462 e. The number of carbonyl (C=O) groups excluding carboxylic acids is 6. The van der Waals surface area contributed by atoms with Crippen LogP contribution >= 0.6 is 11.3 Å². The Labute approximate surface area is 220 Å². The van der Waals surface area contributed by atoms with Gasteiger partial charge in [-0.25, -0.2) is 4.79 Å². The number of anilines is 1. The average Bonchev–Trinajstić information content (AvgIpc) is 3.50. The van der Waals surface area contributed by atoms with Crippen LogP contribution in [0, 0.1) is 0 Å². The molecule has 2 aliphatic rings. The molecule has 0 bridgehead atoms. The van der Waals surface area contributed by atoms with Crippen LogP contribution in [-0.2, 0) is 16.1 Å². The van der Waals surface area contributed by atoms with Gasteiger partial charge < -0.3 is 10.1 Å². The Morgan fingerprint density at radius 1 is 0.816 bits per heavy atom. The number of ether oxygens (including phenoxy) is 1. The van der Waals surface area contributed by atoms with Gasteiger partial charge in [-0.1, -0.05) is 24.3 Å². The minimum absolute atomic E-state index is 0.0811. The predicted molar refractivity (Wildman–Crippen MR) is 136 cm³/mol. The van der Waals surface area contributed by atoms with Gasteiger partial charge in [-0.05, 0) is 37.3 Å². The molecule has 0 aliphatic carbocycles. The lowest BCUT2D eigenvalue weighted by Crippen LogP contribution is -2.32. The molecule has 2 aromatic carbocycles. The van der Waals surface area contributed by atoms with Crippen LogP contribution in [0.2, 0.25) is 0 Å². The third-order valence-electron chi connectivity index (χ3n) is 6.16. The Balaban J connectivity index is 1.30. The second kappa shape index (κ2) is 10.0. The fourth-order valence-electron chi connectivity index (χ4n) is 4.36. The number of carbonyl (C=O) groups is 6. The maximum Gasteiger partial charge on any atom is 0.341 e. The van der Waals surface area contributed by atoms with Crippen molar-refractivity contribution in [1.29, 1.82) is 0 Å². The molecule has 0 spiro atoms. The summed E-state index contributed by atoms with van der Waals surface area (Å²) in [6.45, 7) is 1.52. The van der Waals surface area contributed by atoms with Crippen LogP contribution in [-0.4, -0.2) is 58.5 Å². The summed E-state index contributed by atoms with van der Waals surface area (Å²) in [5.41, 5.74) is 1.28. The van der Waals surface area contributed by atoms with Crippen LogP contribution in [0.5, 0.6) is 0 Å². The van der Waals surface area contributed by atoms with E-state index in [0.717, 1.165) is 21.1 Å². The topological polar surface area (TPSA) is 130 Å². The average molecular weight is 532 g/mol. The first-order valence-corrected chi connectivity index (χ1v) is 12.6. The molecular formula is C27H21N3O7S. The van der Waals surface area contributed by atoms with Crippen molar-refractivity contribution in [2.45, 2.75) is 19.9 Å². The van der Waals surface area contributed by atoms with Crippen LogP contribution < -0.4 is 5.32 Å². The number of esters is 1. The number of nitrogens with one attached hydrogen (secondary N) is 1. The van der Waals surface area contributed by atoms with Gasteiger partial charge in [-0.3, -0.25) is 33.8 Å². The van der Waals surface area contributed by atoms with Gasteiger partial charge in [-0.2, -0.15) is 0 Å². The summed E-state index contributed by atoms with van der Waals surface area (Å²) >= 11 is 1.03. The molecule has 3 aromatic rings. The molecule has 0 atom stereocenters. The second-order valence-electron chi connectivity index (χ2n) is 8.52. The van der Waals surface area contributed by atoms with Gasteiger partial charge in [-0.15, -0.1) is 11.3 Å². The molecule has 3 heterocycles. The number of hydrogen-bond acceptors (Lipinski definition) is 8. The minimum atomic E-state index is -0.673. The molecule has 0 fully saturated rings. The van der Waals surface area contributed by atoms with Crippen molar-refractivity contribution in [3.8, 4) is 0 Å². The quantitative estimate of drug-likeness (QED) is 0.348. The highest BCUT2D eigenvalue weighted by molar-refractivity contribution is 7.16. The van der Waals surface area contributed by atoms with Crippen LogP contribution in [0.4, 0.5) is 5.00 Å². The second-order valence-corrected chi connectivity index (χ2v) is 9.66. The Morgan fingerprint density at radius 3 is 1.82 bits per heavy atom. The van der Waals surface area contributed by atoms with E-state index in [0.29, 0.717) is 27.1 Å². The Morgan fingerprint density at radius 2 is 1.32 bits per heavy atom. The zero-order valence-electron chi connectivity index (χ0n) is 20.2. The fourth-order valence-corrected chi connectivity index (χ4v) is 5.41. The summed E-state index contributed by atoms with van der Waals surface area (Å²) < 4.78 is 5.10. The number of benzene rings is 2. The summed E-state index contributed by atoms with van der Waals surface area (Å²) in [5, 5.41) is 2.83. The zero-order chi connectivity index (χ0) is 27.0. The first-order valence-electron chi connectivity index (χ1n) is 11.8. The number of fused-ring (bicyclic) bond motifs is 2. The highest BCUT2D eigenvalue weighted by atomic mass is 32.1. The summed E-state index contributed by atoms with van der Waals surface area (Å²) in [4.78, 5) is 78.5. The highest BCUT2D eigenvalue weighted by Crippen LogP contribution is 2.32. The molecule has 38 heavy (non-hydrogen) atoms. The summed E-state index contributed by atoms with van der Waals surface area (Å²) in [5.74, 6) is -3.02. The van der Waals surface area contributed by atoms with E-state index in [9.17, 15) is 28.8 Å². The third-order valence-corrected chi connectivity index (χ3v) is 7.20. The van der Waals surface area contributed by atoms with Crippen LogP contribution in [0.3, 0.4) is 0 Å². The lowest BCUT2D eigenvalue weighted by Gasteiger charge is -2.13. The van der Waals surface area contributed by atoms with Gasteiger partial charge in [0.05, 0.1) is 41.0 Å². The zero-order valence-corrected chi connectivity index (χ0v) is 21.0. The molecule has 2 aliphatic heterocycles. The number of hydrogen-bond donors (Lipinski definition) is 1. The normalized spacial score (nSPS) is 14.1. The van der Waals surface area contributed by atoms with E-state index in [-0.39, 0.29) is 36.7 Å². The van der Waals surface area contributed by atoms with Crippen LogP contribution in [0.1, 0.15) is 70.0 Å². The molecule has 0 unspecified atom stereocenters. The van der Waals surface area contributed by atoms with Crippen molar-refractivity contribution in [1.82, 2.24) is 9.80 Å². The predicted octanol–water partition coefficient (Wildman–Crippen LogP) is 3.35. The molecule has 0 saturated heterocycles. The smallest absolute Gasteiger partial charge is 0.341 e. The van der Waals surface area contributed by atoms with Crippen molar-refractivity contribution in [2.24, 2.45) is 0 Å². The molecule has 10 nitrogen and oxygen atoms in total. The van der Waals surface area contributed by atoms with E-state index >= 15 is 0 Å². The molecule has 1 N–H and O–H groups in total. The molecule has 11 heteroatoms. The van der Waals surface area contributed by atoms with E-state index in [1.54, 1.807) is 55.5 Å². The van der Waals surface area contributed by atoms with E-state index in [2.05, 4.69) is 5.32 Å². The lowest BCUT2D eigenvalue weighted by molar-refractivity contribution is -0.116. The van der Waals surface area contributed by atoms with Gasteiger partial charge in [0, 0.05) is 17.8 Å². The Bertz CT molecular complexity index is 1460. The van der Waals surface area contributed by atoms with Gasteiger partial charge in [0.15, 0.2) is 0 Å². The number of amides is 5. The molecule has 1 aromatic heterocycles. The van der Waals surface area contributed by atoms with E-state index < -0.39 is 35.5 Å². The van der Waals surface area contributed by atoms with Crippen molar-refractivity contribution in [3.05, 3.63) is 87.3 Å². The van der Waals surface area contributed by atoms with E-state index in [4.69, 9.17) is 4.74 Å². The number of rotatable bonds is 8. The van der Waals surface area contributed by atoms with E-state index in [1.165, 1.54) is 6.07 Å². The molecule has 192 valence electrons. The van der Waals surface area contributed by atoms with Gasteiger partial charge in [0.25, 0.3) is 23.6 Å². The van der Waals surface area contributed by atoms with Crippen LogP contribution in [0.15, 0.2) is 54.6 Å². The third kappa shape index (κ3) is 4.37. The summed E-state index contributed by atoms with van der Waals surface area (Å²) in [7, 11) is 0. The van der Waals surface area contributed by atoms with Gasteiger partial charge in [0.2, 0.25) is 5.91 Å². The standard InChI is InChI=1S/C27H21N3O7S/c1-2-37-27(36)20-13-15(14-30-25(34)18-9-5-6-10-19(18)26(30)35)38-22(20)28-21(31)11-12-29-23(32)16-7-3-4-8-17(16)24(29)33/h3-10,13H,2,11-12,14H2,1H3,(H,28,31). The first-order chi connectivity index (χ1) is 18.3. The molecule has 0 saturated carbocycles. The van der Waals surface area contributed by atoms with Crippen molar-refractivity contribution >= 4 is 51.8 Å². The molecule has 5 amide bonds. The Kier molecular flexibility index (Phi) is 6.60. The maximum absolute atomic E-state index is 12.8. The first kappa shape index (κ1) is 25.0. The van der Waals surface area contributed by atoms with Gasteiger partial charge >= 0.3 is 5.97 Å².